The first-order valence-electron chi connectivity index (χ1n) is 28.3. The average Bonchev–Trinajstić information content (AvgIpc) is 3.58. The predicted molar refractivity (Wildman–Crippen MR) is 346 cm³/mol. The van der Waals surface area contributed by atoms with Gasteiger partial charge in [0.15, 0.2) is 0 Å². The summed E-state index contributed by atoms with van der Waals surface area (Å²) >= 11 is 0. The maximum absolute atomic E-state index is 2.48. The minimum atomic E-state index is -0.0851. The molecule has 0 saturated heterocycles. The molecule has 80 heavy (non-hydrogen) atoms. The first-order valence-corrected chi connectivity index (χ1v) is 28.3. The molecule has 0 amide bonds. The van der Waals surface area contributed by atoms with Crippen molar-refractivity contribution in [2.45, 2.75) is 78.6 Å². The highest BCUT2D eigenvalue weighted by atomic mass is 15.2. The number of hydrogen-bond donors (Lipinski definition) is 0. The summed E-state index contributed by atoms with van der Waals surface area (Å²) < 4.78 is 0. The lowest BCUT2D eigenvalue weighted by Gasteiger charge is -2.31. The zero-order valence-corrected chi connectivity index (χ0v) is 47.7. The van der Waals surface area contributed by atoms with E-state index in [-0.39, 0.29) is 16.2 Å². The second kappa shape index (κ2) is 20.7. The van der Waals surface area contributed by atoms with Crippen LogP contribution in [-0.2, 0) is 16.2 Å². The number of anilines is 6. The summed E-state index contributed by atoms with van der Waals surface area (Å²) in [6.45, 7) is 20.7. The molecule has 12 aromatic rings. The normalized spacial score (nSPS) is 12.1. The molecule has 12 aromatic carbocycles. The summed E-state index contributed by atoms with van der Waals surface area (Å²) in [6.07, 6.45) is 0. The predicted octanol–water partition coefficient (Wildman–Crippen LogP) is 22.6. The second-order valence-electron chi connectivity index (χ2n) is 24.7. The summed E-state index contributed by atoms with van der Waals surface area (Å²) in [7, 11) is 0. The van der Waals surface area contributed by atoms with Crippen molar-refractivity contribution >= 4 is 66.4 Å². The summed E-state index contributed by atoms with van der Waals surface area (Å²) in [4.78, 5) is 4.96. The van der Waals surface area contributed by atoms with Gasteiger partial charge in [-0.25, -0.2) is 0 Å². The molecule has 0 aromatic heterocycles. The van der Waals surface area contributed by atoms with Crippen LogP contribution in [0.5, 0.6) is 0 Å². The van der Waals surface area contributed by atoms with Crippen molar-refractivity contribution in [3.05, 3.63) is 278 Å². The SMILES string of the molecule is CC(C)(C)c1ccc(N(c2ccc(-c3ccc(-c4ccccc4)cc3)cc2)c2cc3c4cc(C(C)(C)C)ccc4c(N(c4ccc(-c5ccc(-c6ccccc6)cc5)cc4)c4ccc(C(C)(C)C)cc4)cc3c3ccccc23)cc1. The molecule has 0 aliphatic heterocycles. The number of rotatable bonds is 10. The van der Waals surface area contributed by atoms with E-state index in [4.69, 9.17) is 0 Å². The van der Waals surface area contributed by atoms with Gasteiger partial charge >= 0.3 is 0 Å². The standard InChI is InChI=1S/C78H70N2/c1-76(2,3)61-36-45-66(46-37-61)79(64-41-32-59(33-42-64)57-28-24-55(25-29-57)53-18-12-10-13-19-53)74-52-73-71-50-63(78(7,8)9)40-49-70(71)75(51-72(73)68-22-16-17-23-69(68)74)80(67-47-38-62(39-48-67)77(4,5)6)65-43-34-60(35-44-65)58-30-26-56(27-31-58)54-20-14-11-15-21-54/h10-52H,1-9H3. The first kappa shape index (κ1) is 51.8. The van der Waals surface area contributed by atoms with Gasteiger partial charge in [0, 0.05) is 33.5 Å². The van der Waals surface area contributed by atoms with E-state index in [2.05, 4.69) is 333 Å². The summed E-state index contributed by atoms with van der Waals surface area (Å²) in [5.41, 5.74) is 20.1. The van der Waals surface area contributed by atoms with E-state index in [9.17, 15) is 0 Å². The van der Waals surface area contributed by atoms with Gasteiger partial charge in [-0.05, 0) is 166 Å². The molecule has 2 nitrogen and oxygen atoms in total. The Hall–Kier alpha value is -8.98. The molecule has 0 spiro atoms. The maximum atomic E-state index is 2.48. The van der Waals surface area contributed by atoms with E-state index in [0.717, 1.165) is 34.1 Å². The zero-order valence-electron chi connectivity index (χ0n) is 47.7. The quantitative estimate of drug-likeness (QED) is 0.126. The molecule has 0 N–H and O–H groups in total. The fraction of sp³-hybridized carbons (Fsp3) is 0.154. The lowest BCUT2D eigenvalue weighted by atomic mass is 9.84. The van der Waals surface area contributed by atoms with Crippen LogP contribution in [-0.4, -0.2) is 0 Å². The Bertz CT molecular complexity index is 4140. The third kappa shape index (κ3) is 10.2. The highest BCUT2D eigenvalue weighted by molar-refractivity contribution is 6.24. The smallest absolute Gasteiger partial charge is 0.0546 e. The van der Waals surface area contributed by atoms with Gasteiger partial charge in [-0.3, -0.25) is 0 Å². The molecule has 0 radical (unpaired) electrons. The second-order valence-corrected chi connectivity index (χ2v) is 24.7. The van der Waals surface area contributed by atoms with Crippen molar-refractivity contribution in [2.24, 2.45) is 0 Å². The van der Waals surface area contributed by atoms with Gasteiger partial charge in [0.25, 0.3) is 0 Å². The fourth-order valence-corrected chi connectivity index (χ4v) is 11.5. The van der Waals surface area contributed by atoms with Crippen molar-refractivity contribution in [3.8, 4) is 44.5 Å². The van der Waals surface area contributed by atoms with E-state index in [1.807, 2.05) is 0 Å². The molecule has 12 rings (SSSR count). The lowest BCUT2D eigenvalue weighted by molar-refractivity contribution is 0.590. The molecule has 0 aliphatic rings. The van der Waals surface area contributed by atoms with Crippen LogP contribution in [0.15, 0.2) is 261 Å². The molecule has 0 heterocycles. The van der Waals surface area contributed by atoms with E-state index in [0.29, 0.717) is 0 Å². The zero-order chi connectivity index (χ0) is 55.3. The summed E-state index contributed by atoms with van der Waals surface area (Å²) in [5, 5.41) is 7.22. The molecule has 2 heteroatoms. The topological polar surface area (TPSA) is 6.48 Å². The third-order valence-corrected chi connectivity index (χ3v) is 16.2. The Morgan fingerprint density at radius 3 is 0.800 bits per heavy atom. The monoisotopic (exact) mass is 1030 g/mol. The van der Waals surface area contributed by atoms with Crippen LogP contribution in [0.3, 0.4) is 0 Å². The van der Waals surface area contributed by atoms with Gasteiger partial charge in [-0.2, -0.15) is 0 Å². The van der Waals surface area contributed by atoms with Gasteiger partial charge in [-0.1, -0.05) is 256 Å². The third-order valence-electron chi connectivity index (χ3n) is 16.2. The van der Waals surface area contributed by atoms with E-state index in [1.54, 1.807) is 0 Å². The Kier molecular flexibility index (Phi) is 13.4. The Morgan fingerprint density at radius 2 is 0.450 bits per heavy atom. The van der Waals surface area contributed by atoms with Crippen LogP contribution in [0.2, 0.25) is 0 Å². The van der Waals surface area contributed by atoms with Crippen LogP contribution in [0.1, 0.15) is 79.0 Å². The van der Waals surface area contributed by atoms with E-state index in [1.165, 1.54) is 93.5 Å². The number of hydrogen-bond acceptors (Lipinski definition) is 2. The molecule has 0 aliphatic carbocycles. The summed E-state index contributed by atoms with van der Waals surface area (Å²) in [6, 6.07) is 97.1. The van der Waals surface area contributed by atoms with Gasteiger partial charge in [0.2, 0.25) is 0 Å². The number of fused-ring (bicyclic) bond motifs is 5. The average molecular weight is 1040 g/mol. The molecular weight excluding hydrogens is 965 g/mol. The van der Waals surface area contributed by atoms with Crippen molar-refractivity contribution in [3.63, 3.8) is 0 Å². The Balaban J connectivity index is 1.05. The fourth-order valence-electron chi connectivity index (χ4n) is 11.5. The van der Waals surface area contributed by atoms with E-state index >= 15 is 0 Å². The van der Waals surface area contributed by atoms with Crippen molar-refractivity contribution in [1.29, 1.82) is 0 Å². The van der Waals surface area contributed by atoms with Crippen molar-refractivity contribution in [1.82, 2.24) is 0 Å². The maximum Gasteiger partial charge on any atom is 0.0546 e. The molecule has 0 atom stereocenters. The van der Waals surface area contributed by atoms with Gasteiger partial charge in [0.1, 0.15) is 0 Å². The first-order chi connectivity index (χ1) is 38.5. The van der Waals surface area contributed by atoms with E-state index < -0.39 is 0 Å². The molecule has 0 fully saturated rings. The van der Waals surface area contributed by atoms with Gasteiger partial charge in [0.05, 0.1) is 11.4 Å². The van der Waals surface area contributed by atoms with Crippen LogP contribution in [0.4, 0.5) is 34.1 Å². The van der Waals surface area contributed by atoms with Gasteiger partial charge in [-0.15, -0.1) is 0 Å². The van der Waals surface area contributed by atoms with Gasteiger partial charge < -0.3 is 9.80 Å². The largest absolute Gasteiger partial charge is 0.310 e. The number of nitrogens with zero attached hydrogens (tertiary/aromatic N) is 2. The minimum absolute atomic E-state index is 0.0103. The molecule has 0 bridgehead atoms. The molecular formula is C78H70N2. The minimum Gasteiger partial charge on any atom is -0.310 e. The molecule has 0 unspecified atom stereocenters. The van der Waals surface area contributed by atoms with Crippen molar-refractivity contribution in [2.75, 3.05) is 9.80 Å². The van der Waals surface area contributed by atoms with Crippen LogP contribution in [0, 0.1) is 0 Å². The van der Waals surface area contributed by atoms with Crippen LogP contribution < -0.4 is 9.80 Å². The molecule has 0 saturated carbocycles. The highest BCUT2D eigenvalue weighted by Gasteiger charge is 2.25. The highest BCUT2D eigenvalue weighted by Crippen LogP contribution is 2.49. The van der Waals surface area contributed by atoms with Crippen LogP contribution in [0.25, 0.3) is 76.8 Å². The summed E-state index contributed by atoms with van der Waals surface area (Å²) in [5.74, 6) is 0. The Labute approximate surface area is 474 Å². The van der Waals surface area contributed by atoms with Crippen molar-refractivity contribution < 1.29 is 0 Å². The number of benzene rings is 12. The molecule has 392 valence electrons. The van der Waals surface area contributed by atoms with Crippen LogP contribution >= 0.6 is 0 Å². The Morgan fingerprint density at radius 1 is 0.200 bits per heavy atom. The lowest BCUT2D eigenvalue weighted by Crippen LogP contribution is -2.14.